The molecule has 1 atom stereocenters. The predicted molar refractivity (Wildman–Crippen MR) is 127 cm³/mol. The minimum Gasteiger partial charge on any atom is -0.462 e. The molecule has 0 aliphatic carbocycles. The zero-order chi connectivity index (χ0) is 23.7. The van der Waals surface area contributed by atoms with Crippen molar-refractivity contribution in [3.05, 3.63) is 86.3 Å². The van der Waals surface area contributed by atoms with Crippen LogP contribution in [-0.2, 0) is 15.9 Å². The number of cyclic esters (lactones) is 1. The van der Waals surface area contributed by atoms with E-state index in [9.17, 15) is 14.4 Å². The number of fused-ring (bicyclic) bond motifs is 1. The van der Waals surface area contributed by atoms with Crippen molar-refractivity contribution in [2.75, 3.05) is 11.9 Å². The second-order valence-electron chi connectivity index (χ2n) is 8.04. The van der Waals surface area contributed by atoms with Gasteiger partial charge in [0.1, 0.15) is 11.1 Å². The standard InChI is InChI=1S/C26H25NO5S/c1-5-31-26(30)22-15(3)16(4)33-24(22)27-23(28)18-10-11-20-19(12-18)13-21(32-25(20)29)17-8-6-14(2)7-9-17/h6-12,21H,5,13H2,1-4H3,(H,27,28)/t21-/m1/s1. The van der Waals surface area contributed by atoms with Crippen molar-refractivity contribution in [3.8, 4) is 0 Å². The molecule has 0 unspecified atom stereocenters. The smallest absolute Gasteiger partial charge is 0.341 e. The van der Waals surface area contributed by atoms with Crippen LogP contribution in [0.1, 0.15) is 71.2 Å². The second-order valence-corrected chi connectivity index (χ2v) is 9.27. The molecule has 2 aromatic carbocycles. The van der Waals surface area contributed by atoms with Gasteiger partial charge < -0.3 is 14.8 Å². The molecular weight excluding hydrogens is 438 g/mol. The van der Waals surface area contributed by atoms with Crippen LogP contribution >= 0.6 is 11.3 Å². The van der Waals surface area contributed by atoms with Crippen LogP contribution in [0.15, 0.2) is 42.5 Å². The van der Waals surface area contributed by atoms with Crippen LogP contribution in [0.2, 0.25) is 0 Å². The maximum absolute atomic E-state index is 13.1. The Labute approximate surface area is 196 Å². The monoisotopic (exact) mass is 463 g/mol. The summed E-state index contributed by atoms with van der Waals surface area (Å²) in [5, 5.41) is 3.32. The number of ether oxygens (including phenoxy) is 2. The van der Waals surface area contributed by atoms with Crippen molar-refractivity contribution in [2.24, 2.45) is 0 Å². The third-order valence-corrected chi connectivity index (χ3v) is 6.91. The molecule has 3 aromatic rings. The van der Waals surface area contributed by atoms with Crippen LogP contribution in [-0.4, -0.2) is 24.5 Å². The van der Waals surface area contributed by atoms with Crippen molar-refractivity contribution in [1.29, 1.82) is 0 Å². The van der Waals surface area contributed by atoms with Gasteiger partial charge in [-0.05, 0) is 62.6 Å². The predicted octanol–water partition coefficient (Wildman–Crippen LogP) is 5.56. The van der Waals surface area contributed by atoms with E-state index in [4.69, 9.17) is 9.47 Å². The third-order valence-electron chi connectivity index (χ3n) is 5.78. The van der Waals surface area contributed by atoms with E-state index in [0.717, 1.165) is 27.1 Å². The second kappa shape index (κ2) is 9.19. The number of esters is 2. The lowest BCUT2D eigenvalue weighted by molar-refractivity contribution is 0.0252. The van der Waals surface area contributed by atoms with Gasteiger partial charge in [0.15, 0.2) is 0 Å². The Morgan fingerprint density at radius 3 is 2.55 bits per heavy atom. The quantitative estimate of drug-likeness (QED) is 0.501. The normalized spacial score (nSPS) is 14.9. The van der Waals surface area contributed by atoms with E-state index in [0.29, 0.717) is 28.1 Å². The lowest BCUT2D eigenvalue weighted by atomic mass is 9.92. The highest BCUT2D eigenvalue weighted by Gasteiger charge is 2.29. The van der Waals surface area contributed by atoms with E-state index < -0.39 is 18.0 Å². The Balaban J connectivity index is 1.60. The van der Waals surface area contributed by atoms with Crippen molar-refractivity contribution in [1.82, 2.24) is 0 Å². The molecule has 0 spiro atoms. The maximum atomic E-state index is 13.1. The van der Waals surface area contributed by atoms with E-state index in [1.807, 2.05) is 45.0 Å². The Morgan fingerprint density at radius 1 is 1.12 bits per heavy atom. The van der Waals surface area contributed by atoms with Crippen molar-refractivity contribution in [2.45, 2.75) is 40.2 Å². The molecule has 6 nitrogen and oxygen atoms in total. The Morgan fingerprint density at radius 2 is 1.85 bits per heavy atom. The fourth-order valence-corrected chi connectivity index (χ4v) is 4.89. The van der Waals surface area contributed by atoms with E-state index in [1.165, 1.54) is 11.3 Å². The summed E-state index contributed by atoms with van der Waals surface area (Å²) in [7, 11) is 0. The number of nitrogens with one attached hydrogen (secondary N) is 1. The summed E-state index contributed by atoms with van der Waals surface area (Å²) >= 11 is 1.34. The number of amides is 1. The molecular formula is C26H25NO5S. The first kappa shape index (κ1) is 22.7. The molecule has 0 saturated carbocycles. The number of rotatable bonds is 5. The minimum atomic E-state index is -0.455. The van der Waals surface area contributed by atoms with E-state index in [1.54, 1.807) is 25.1 Å². The van der Waals surface area contributed by atoms with Gasteiger partial charge in [0.05, 0.1) is 17.7 Å². The Kier molecular flexibility index (Phi) is 6.33. The van der Waals surface area contributed by atoms with Gasteiger partial charge in [-0.25, -0.2) is 9.59 Å². The van der Waals surface area contributed by atoms with Gasteiger partial charge in [-0.3, -0.25) is 4.79 Å². The van der Waals surface area contributed by atoms with Gasteiger partial charge in [-0.1, -0.05) is 29.8 Å². The number of carbonyl (C=O) groups is 3. The van der Waals surface area contributed by atoms with Crippen LogP contribution in [0.25, 0.3) is 0 Å². The molecule has 0 radical (unpaired) electrons. The van der Waals surface area contributed by atoms with Gasteiger partial charge in [0.2, 0.25) is 0 Å². The summed E-state index contributed by atoms with van der Waals surface area (Å²) in [6, 6.07) is 12.8. The number of hydrogen-bond acceptors (Lipinski definition) is 6. The molecule has 1 amide bonds. The minimum absolute atomic E-state index is 0.254. The summed E-state index contributed by atoms with van der Waals surface area (Å²) in [4.78, 5) is 39.0. The fourth-order valence-electron chi connectivity index (χ4n) is 3.84. The Bertz CT molecular complexity index is 1240. The zero-order valence-electron chi connectivity index (χ0n) is 19.0. The molecule has 1 aliphatic heterocycles. The van der Waals surface area contributed by atoms with Crippen LogP contribution in [0.4, 0.5) is 5.00 Å². The zero-order valence-corrected chi connectivity index (χ0v) is 19.8. The van der Waals surface area contributed by atoms with Crippen molar-refractivity contribution in [3.63, 3.8) is 0 Å². The number of aryl methyl sites for hydroxylation is 2. The summed E-state index contributed by atoms with van der Waals surface area (Å²) in [5.74, 6) is -1.21. The molecule has 4 rings (SSSR count). The van der Waals surface area contributed by atoms with Crippen LogP contribution in [0.3, 0.4) is 0 Å². The van der Waals surface area contributed by atoms with Crippen molar-refractivity contribution < 1.29 is 23.9 Å². The molecule has 2 heterocycles. The molecule has 1 aliphatic rings. The van der Waals surface area contributed by atoms with Crippen molar-refractivity contribution >= 4 is 34.2 Å². The SMILES string of the molecule is CCOC(=O)c1c(NC(=O)c2ccc3c(c2)C[C@H](c2ccc(C)cc2)OC3=O)sc(C)c1C. The van der Waals surface area contributed by atoms with E-state index >= 15 is 0 Å². The number of carbonyl (C=O) groups excluding carboxylic acids is 3. The van der Waals surface area contributed by atoms with Crippen LogP contribution in [0, 0.1) is 20.8 Å². The lowest BCUT2D eigenvalue weighted by Crippen LogP contribution is -2.23. The highest BCUT2D eigenvalue weighted by molar-refractivity contribution is 7.16. The average molecular weight is 464 g/mol. The fraction of sp³-hybridized carbons (Fsp3) is 0.269. The number of hydrogen-bond donors (Lipinski definition) is 1. The molecule has 0 fully saturated rings. The van der Waals surface area contributed by atoms with E-state index in [-0.39, 0.29) is 12.5 Å². The van der Waals surface area contributed by atoms with Crippen LogP contribution < -0.4 is 5.32 Å². The number of thiophene rings is 1. The first-order chi connectivity index (χ1) is 15.8. The first-order valence-electron chi connectivity index (χ1n) is 10.8. The lowest BCUT2D eigenvalue weighted by Gasteiger charge is -2.25. The molecule has 1 N–H and O–H groups in total. The molecule has 0 bridgehead atoms. The summed E-state index contributed by atoms with van der Waals surface area (Å²) < 4.78 is 10.8. The van der Waals surface area contributed by atoms with Gasteiger partial charge in [-0.2, -0.15) is 0 Å². The van der Waals surface area contributed by atoms with Crippen LogP contribution in [0.5, 0.6) is 0 Å². The molecule has 33 heavy (non-hydrogen) atoms. The van der Waals surface area contributed by atoms with Gasteiger partial charge in [0.25, 0.3) is 5.91 Å². The number of anilines is 1. The molecule has 7 heteroatoms. The van der Waals surface area contributed by atoms with Gasteiger partial charge >= 0.3 is 11.9 Å². The summed E-state index contributed by atoms with van der Waals surface area (Å²) in [6.07, 6.45) is 0.0817. The summed E-state index contributed by atoms with van der Waals surface area (Å²) in [5.41, 5.74) is 4.85. The van der Waals surface area contributed by atoms with Gasteiger partial charge in [0, 0.05) is 16.9 Å². The maximum Gasteiger partial charge on any atom is 0.341 e. The summed E-state index contributed by atoms with van der Waals surface area (Å²) in [6.45, 7) is 7.73. The largest absolute Gasteiger partial charge is 0.462 e. The molecule has 1 aromatic heterocycles. The third kappa shape index (κ3) is 4.54. The molecule has 0 saturated heterocycles. The molecule has 170 valence electrons. The Hall–Kier alpha value is -3.45. The average Bonchev–Trinajstić information content (AvgIpc) is 3.06. The highest BCUT2D eigenvalue weighted by Crippen LogP contribution is 2.34. The highest BCUT2D eigenvalue weighted by atomic mass is 32.1. The number of benzene rings is 2. The topological polar surface area (TPSA) is 81.7 Å². The van der Waals surface area contributed by atoms with Gasteiger partial charge in [-0.15, -0.1) is 11.3 Å². The van der Waals surface area contributed by atoms with E-state index in [2.05, 4.69) is 5.32 Å². The first-order valence-corrected chi connectivity index (χ1v) is 11.6.